The number of rotatable bonds is 10. The fraction of sp³-hybridized carbons (Fsp3) is 0.647. The lowest BCUT2D eigenvalue weighted by Crippen LogP contribution is -2.34. The summed E-state index contributed by atoms with van der Waals surface area (Å²) < 4.78 is 11.3. The van der Waals surface area contributed by atoms with Crippen LogP contribution in [0.1, 0.15) is 32.8 Å². The number of benzene rings is 1. The van der Waals surface area contributed by atoms with Crippen LogP contribution in [0.25, 0.3) is 0 Å². The molecule has 114 valence electrons. The fourth-order valence-corrected chi connectivity index (χ4v) is 1.71. The highest BCUT2D eigenvalue weighted by Gasteiger charge is 2.02. The molecule has 1 unspecified atom stereocenters. The van der Waals surface area contributed by atoms with E-state index in [1.807, 2.05) is 12.1 Å². The standard InChI is InChI=1S/C17H29NO2/c1-14(2)9-11-19-12-10-18-16(4)13-20-17-7-5-15(3)6-8-17/h5-8,14,16,18H,9-13H2,1-4H3. The molecule has 0 saturated carbocycles. The molecule has 0 aliphatic heterocycles. The van der Waals surface area contributed by atoms with Crippen LogP contribution in [-0.2, 0) is 4.74 Å². The smallest absolute Gasteiger partial charge is 0.119 e. The largest absolute Gasteiger partial charge is 0.492 e. The highest BCUT2D eigenvalue weighted by atomic mass is 16.5. The van der Waals surface area contributed by atoms with Crippen molar-refractivity contribution >= 4 is 0 Å². The third-order valence-electron chi connectivity index (χ3n) is 3.10. The van der Waals surface area contributed by atoms with Crippen LogP contribution in [0.5, 0.6) is 5.75 Å². The van der Waals surface area contributed by atoms with Crippen LogP contribution in [0.3, 0.4) is 0 Å². The Kier molecular flexibility index (Phi) is 8.31. The first-order valence-corrected chi connectivity index (χ1v) is 7.58. The summed E-state index contributed by atoms with van der Waals surface area (Å²) >= 11 is 0. The first kappa shape index (κ1) is 17.0. The average molecular weight is 279 g/mol. The fourth-order valence-electron chi connectivity index (χ4n) is 1.71. The third-order valence-corrected chi connectivity index (χ3v) is 3.10. The van der Waals surface area contributed by atoms with Crippen molar-refractivity contribution < 1.29 is 9.47 Å². The monoisotopic (exact) mass is 279 g/mol. The minimum Gasteiger partial charge on any atom is -0.492 e. The Morgan fingerprint density at radius 1 is 1.05 bits per heavy atom. The molecule has 0 amide bonds. The average Bonchev–Trinajstić information content (AvgIpc) is 2.41. The van der Waals surface area contributed by atoms with Gasteiger partial charge in [0.25, 0.3) is 0 Å². The van der Waals surface area contributed by atoms with Crippen molar-refractivity contribution in [2.75, 3.05) is 26.4 Å². The van der Waals surface area contributed by atoms with Gasteiger partial charge in [-0.25, -0.2) is 0 Å². The molecule has 0 fully saturated rings. The van der Waals surface area contributed by atoms with E-state index in [0.29, 0.717) is 18.6 Å². The molecule has 1 atom stereocenters. The molecule has 3 heteroatoms. The predicted octanol–water partition coefficient (Wildman–Crippen LogP) is 3.41. The van der Waals surface area contributed by atoms with Crippen molar-refractivity contribution in [3.63, 3.8) is 0 Å². The van der Waals surface area contributed by atoms with Gasteiger partial charge in [0.1, 0.15) is 12.4 Å². The molecule has 1 N–H and O–H groups in total. The zero-order valence-corrected chi connectivity index (χ0v) is 13.3. The van der Waals surface area contributed by atoms with Crippen LogP contribution >= 0.6 is 0 Å². The highest BCUT2D eigenvalue weighted by Crippen LogP contribution is 2.11. The van der Waals surface area contributed by atoms with E-state index in [-0.39, 0.29) is 0 Å². The van der Waals surface area contributed by atoms with Gasteiger partial charge in [0.2, 0.25) is 0 Å². The number of hydrogen-bond acceptors (Lipinski definition) is 3. The Balaban J connectivity index is 2.03. The Morgan fingerprint density at radius 2 is 1.75 bits per heavy atom. The lowest BCUT2D eigenvalue weighted by Gasteiger charge is -2.15. The Bertz CT molecular complexity index is 349. The summed E-state index contributed by atoms with van der Waals surface area (Å²) in [6.07, 6.45) is 1.13. The molecular formula is C17H29NO2. The maximum absolute atomic E-state index is 5.73. The van der Waals surface area contributed by atoms with E-state index in [9.17, 15) is 0 Å². The van der Waals surface area contributed by atoms with E-state index in [2.05, 4.69) is 45.1 Å². The first-order valence-electron chi connectivity index (χ1n) is 7.58. The van der Waals surface area contributed by atoms with Crippen molar-refractivity contribution in [1.29, 1.82) is 0 Å². The van der Waals surface area contributed by atoms with Gasteiger partial charge in [-0.3, -0.25) is 0 Å². The second-order valence-electron chi connectivity index (χ2n) is 5.77. The van der Waals surface area contributed by atoms with E-state index in [1.54, 1.807) is 0 Å². The SMILES string of the molecule is Cc1ccc(OCC(C)NCCOCCC(C)C)cc1. The van der Waals surface area contributed by atoms with Crippen LogP contribution < -0.4 is 10.1 Å². The van der Waals surface area contributed by atoms with E-state index in [0.717, 1.165) is 31.9 Å². The lowest BCUT2D eigenvalue weighted by molar-refractivity contribution is 0.121. The van der Waals surface area contributed by atoms with Gasteiger partial charge in [0.15, 0.2) is 0 Å². The summed E-state index contributed by atoms with van der Waals surface area (Å²) in [4.78, 5) is 0. The van der Waals surface area contributed by atoms with Crippen molar-refractivity contribution in [2.45, 2.75) is 40.2 Å². The van der Waals surface area contributed by atoms with Gasteiger partial charge in [0, 0.05) is 19.2 Å². The van der Waals surface area contributed by atoms with Crippen LogP contribution in [0.4, 0.5) is 0 Å². The molecule has 1 rings (SSSR count). The van der Waals surface area contributed by atoms with Crippen LogP contribution in [0.2, 0.25) is 0 Å². The van der Waals surface area contributed by atoms with E-state index < -0.39 is 0 Å². The number of ether oxygens (including phenoxy) is 2. The molecule has 0 bridgehead atoms. The number of hydrogen-bond donors (Lipinski definition) is 1. The minimum atomic E-state index is 0.324. The molecule has 20 heavy (non-hydrogen) atoms. The van der Waals surface area contributed by atoms with Gasteiger partial charge >= 0.3 is 0 Å². The molecule has 0 aromatic heterocycles. The zero-order chi connectivity index (χ0) is 14.8. The zero-order valence-electron chi connectivity index (χ0n) is 13.3. The molecule has 0 aliphatic carbocycles. The number of nitrogens with one attached hydrogen (secondary N) is 1. The molecule has 3 nitrogen and oxygen atoms in total. The Hall–Kier alpha value is -1.06. The van der Waals surface area contributed by atoms with Crippen molar-refractivity contribution in [1.82, 2.24) is 5.32 Å². The van der Waals surface area contributed by atoms with E-state index in [1.165, 1.54) is 5.56 Å². The molecule has 0 aliphatic rings. The van der Waals surface area contributed by atoms with Crippen molar-refractivity contribution in [3.05, 3.63) is 29.8 Å². The van der Waals surface area contributed by atoms with E-state index in [4.69, 9.17) is 9.47 Å². The molecule has 0 spiro atoms. The molecule has 0 heterocycles. The lowest BCUT2D eigenvalue weighted by atomic mass is 10.1. The molecule has 0 radical (unpaired) electrons. The van der Waals surface area contributed by atoms with Crippen molar-refractivity contribution in [3.8, 4) is 5.75 Å². The number of aryl methyl sites for hydroxylation is 1. The topological polar surface area (TPSA) is 30.5 Å². The van der Waals surface area contributed by atoms with Crippen LogP contribution in [-0.4, -0.2) is 32.4 Å². The predicted molar refractivity (Wildman–Crippen MR) is 84.4 cm³/mol. The Morgan fingerprint density at radius 3 is 2.40 bits per heavy atom. The molecule has 0 saturated heterocycles. The minimum absolute atomic E-state index is 0.324. The van der Waals surface area contributed by atoms with Gasteiger partial charge < -0.3 is 14.8 Å². The summed E-state index contributed by atoms with van der Waals surface area (Å²) in [5.41, 5.74) is 1.25. The normalized spacial score (nSPS) is 12.7. The molecular weight excluding hydrogens is 250 g/mol. The van der Waals surface area contributed by atoms with Gasteiger partial charge in [0.05, 0.1) is 6.61 Å². The highest BCUT2D eigenvalue weighted by molar-refractivity contribution is 5.26. The molecule has 1 aromatic rings. The van der Waals surface area contributed by atoms with Gasteiger partial charge in [-0.2, -0.15) is 0 Å². The second kappa shape index (κ2) is 9.78. The van der Waals surface area contributed by atoms with Crippen LogP contribution in [0.15, 0.2) is 24.3 Å². The van der Waals surface area contributed by atoms with Crippen molar-refractivity contribution in [2.24, 2.45) is 5.92 Å². The summed E-state index contributed by atoms with van der Waals surface area (Å²) in [6.45, 7) is 11.8. The summed E-state index contributed by atoms with van der Waals surface area (Å²) in [5.74, 6) is 1.64. The summed E-state index contributed by atoms with van der Waals surface area (Å²) in [7, 11) is 0. The molecule has 1 aromatic carbocycles. The van der Waals surface area contributed by atoms with Crippen LogP contribution in [0, 0.1) is 12.8 Å². The first-order chi connectivity index (χ1) is 9.58. The summed E-state index contributed by atoms with van der Waals surface area (Å²) in [5, 5.41) is 3.40. The quantitative estimate of drug-likeness (QED) is 0.666. The maximum Gasteiger partial charge on any atom is 0.119 e. The van der Waals surface area contributed by atoms with Gasteiger partial charge in [-0.05, 0) is 38.3 Å². The summed E-state index contributed by atoms with van der Waals surface area (Å²) in [6, 6.07) is 8.48. The van der Waals surface area contributed by atoms with E-state index >= 15 is 0 Å². The van der Waals surface area contributed by atoms with Gasteiger partial charge in [-0.15, -0.1) is 0 Å². The van der Waals surface area contributed by atoms with Gasteiger partial charge in [-0.1, -0.05) is 31.5 Å². The second-order valence-corrected chi connectivity index (χ2v) is 5.77. The Labute approximate surface area is 123 Å². The maximum atomic E-state index is 5.73. The third kappa shape index (κ3) is 8.18.